The molecule has 0 rings (SSSR count). The first-order valence-electron chi connectivity index (χ1n) is 6.76. The van der Waals surface area contributed by atoms with Crippen LogP contribution in [0.25, 0.3) is 0 Å². The molecule has 0 bridgehead atoms. The van der Waals surface area contributed by atoms with Crippen molar-refractivity contribution in [3.8, 4) is 0 Å². The second kappa shape index (κ2) is 10.1. The standard InChI is InChI=1S/C13H30N2O/c1-5-14(6-2)10-8-11-15(7-3)12-9-13(4)16/h13,16H,5-12H2,1-4H3. The van der Waals surface area contributed by atoms with Crippen molar-refractivity contribution in [1.82, 2.24) is 9.80 Å². The minimum absolute atomic E-state index is 0.170. The van der Waals surface area contributed by atoms with E-state index >= 15 is 0 Å². The summed E-state index contributed by atoms with van der Waals surface area (Å²) in [6.45, 7) is 15.2. The van der Waals surface area contributed by atoms with Gasteiger partial charge in [-0.2, -0.15) is 0 Å². The number of hydrogen-bond donors (Lipinski definition) is 1. The lowest BCUT2D eigenvalue weighted by Gasteiger charge is -2.23. The highest BCUT2D eigenvalue weighted by Crippen LogP contribution is 1.99. The van der Waals surface area contributed by atoms with E-state index in [1.165, 1.54) is 13.0 Å². The van der Waals surface area contributed by atoms with E-state index in [1.54, 1.807) is 0 Å². The molecular formula is C13H30N2O. The van der Waals surface area contributed by atoms with Crippen molar-refractivity contribution in [3.05, 3.63) is 0 Å². The lowest BCUT2D eigenvalue weighted by atomic mass is 10.2. The average Bonchev–Trinajstić information content (AvgIpc) is 2.28. The van der Waals surface area contributed by atoms with Crippen LogP contribution in [0.1, 0.15) is 40.5 Å². The van der Waals surface area contributed by atoms with Gasteiger partial charge in [-0.05, 0) is 52.5 Å². The first kappa shape index (κ1) is 15.9. The maximum absolute atomic E-state index is 9.25. The number of hydrogen-bond acceptors (Lipinski definition) is 3. The van der Waals surface area contributed by atoms with E-state index in [1.807, 2.05) is 6.92 Å². The first-order valence-corrected chi connectivity index (χ1v) is 6.76. The zero-order valence-corrected chi connectivity index (χ0v) is 11.6. The van der Waals surface area contributed by atoms with Crippen LogP contribution in [0.4, 0.5) is 0 Å². The summed E-state index contributed by atoms with van der Waals surface area (Å²) in [4.78, 5) is 4.89. The van der Waals surface area contributed by atoms with Crippen LogP contribution in [0.3, 0.4) is 0 Å². The van der Waals surface area contributed by atoms with Gasteiger partial charge < -0.3 is 14.9 Å². The number of nitrogens with zero attached hydrogens (tertiary/aromatic N) is 2. The lowest BCUT2D eigenvalue weighted by molar-refractivity contribution is 0.155. The quantitative estimate of drug-likeness (QED) is 0.620. The molecule has 0 aliphatic heterocycles. The van der Waals surface area contributed by atoms with E-state index in [4.69, 9.17) is 0 Å². The summed E-state index contributed by atoms with van der Waals surface area (Å²) in [5.41, 5.74) is 0. The molecule has 1 N–H and O–H groups in total. The monoisotopic (exact) mass is 230 g/mol. The zero-order valence-electron chi connectivity index (χ0n) is 11.6. The summed E-state index contributed by atoms with van der Waals surface area (Å²) in [6.07, 6.45) is 1.95. The van der Waals surface area contributed by atoms with E-state index in [2.05, 4.69) is 30.6 Å². The van der Waals surface area contributed by atoms with Crippen molar-refractivity contribution in [3.63, 3.8) is 0 Å². The molecule has 16 heavy (non-hydrogen) atoms. The Hall–Kier alpha value is -0.120. The van der Waals surface area contributed by atoms with Gasteiger partial charge in [-0.15, -0.1) is 0 Å². The van der Waals surface area contributed by atoms with Gasteiger partial charge in [0, 0.05) is 6.54 Å². The van der Waals surface area contributed by atoms with Crippen LogP contribution in [0, 0.1) is 0 Å². The van der Waals surface area contributed by atoms with Crippen molar-refractivity contribution in [2.75, 3.05) is 39.3 Å². The molecule has 0 aliphatic carbocycles. The van der Waals surface area contributed by atoms with Crippen molar-refractivity contribution >= 4 is 0 Å². The molecule has 1 atom stereocenters. The van der Waals surface area contributed by atoms with Crippen molar-refractivity contribution in [2.24, 2.45) is 0 Å². The van der Waals surface area contributed by atoms with Gasteiger partial charge >= 0.3 is 0 Å². The minimum Gasteiger partial charge on any atom is -0.393 e. The Morgan fingerprint density at radius 3 is 1.81 bits per heavy atom. The predicted molar refractivity (Wildman–Crippen MR) is 70.8 cm³/mol. The molecule has 3 heteroatoms. The topological polar surface area (TPSA) is 26.7 Å². The van der Waals surface area contributed by atoms with Crippen LogP contribution >= 0.6 is 0 Å². The van der Waals surface area contributed by atoms with Crippen LogP contribution in [0.15, 0.2) is 0 Å². The van der Waals surface area contributed by atoms with Crippen LogP contribution in [-0.4, -0.2) is 60.3 Å². The van der Waals surface area contributed by atoms with Crippen LogP contribution in [0.5, 0.6) is 0 Å². The van der Waals surface area contributed by atoms with E-state index in [0.29, 0.717) is 0 Å². The zero-order chi connectivity index (χ0) is 12.4. The summed E-state index contributed by atoms with van der Waals surface area (Å²) >= 11 is 0. The van der Waals surface area contributed by atoms with E-state index in [9.17, 15) is 5.11 Å². The third-order valence-electron chi connectivity index (χ3n) is 3.15. The number of rotatable bonds is 10. The fraction of sp³-hybridized carbons (Fsp3) is 1.00. The number of aliphatic hydroxyl groups excluding tert-OH is 1. The van der Waals surface area contributed by atoms with Crippen LogP contribution < -0.4 is 0 Å². The molecule has 0 aliphatic rings. The molecule has 0 fully saturated rings. The molecule has 0 saturated heterocycles. The second-order valence-corrected chi connectivity index (χ2v) is 4.45. The van der Waals surface area contributed by atoms with Crippen molar-refractivity contribution in [1.29, 1.82) is 0 Å². The van der Waals surface area contributed by atoms with Gasteiger partial charge in [-0.1, -0.05) is 20.8 Å². The highest BCUT2D eigenvalue weighted by Gasteiger charge is 2.05. The molecule has 0 saturated carbocycles. The Kier molecular flexibility index (Phi) is 9.99. The van der Waals surface area contributed by atoms with Gasteiger partial charge in [-0.25, -0.2) is 0 Å². The maximum Gasteiger partial charge on any atom is 0.0524 e. The predicted octanol–water partition coefficient (Wildman–Crippen LogP) is 1.81. The average molecular weight is 230 g/mol. The van der Waals surface area contributed by atoms with Gasteiger partial charge in [-0.3, -0.25) is 0 Å². The molecule has 0 aromatic carbocycles. The fourth-order valence-electron chi connectivity index (χ4n) is 1.86. The highest BCUT2D eigenvalue weighted by molar-refractivity contribution is 4.60. The molecule has 0 amide bonds. The molecule has 98 valence electrons. The third-order valence-corrected chi connectivity index (χ3v) is 3.15. The van der Waals surface area contributed by atoms with Crippen LogP contribution in [0.2, 0.25) is 0 Å². The van der Waals surface area contributed by atoms with Gasteiger partial charge in [0.05, 0.1) is 6.10 Å². The number of aliphatic hydroxyl groups is 1. The molecule has 1 unspecified atom stereocenters. The summed E-state index contributed by atoms with van der Waals surface area (Å²) in [5, 5.41) is 9.25. The molecule has 0 heterocycles. The van der Waals surface area contributed by atoms with Crippen molar-refractivity contribution in [2.45, 2.75) is 46.6 Å². The molecule has 0 spiro atoms. The second-order valence-electron chi connectivity index (χ2n) is 4.45. The van der Waals surface area contributed by atoms with E-state index in [-0.39, 0.29) is 6.10 Å². The Labute approximate surface area is 101 Å². The summed E-state index contributed by atoms with van der Waals surface area (Å²) in [7, 11) is 0. The van der Waals surface area contributed by atoms with Gasteiger partial charge in [0.1, 0.15) is 0 Å². The lowest BCUT2D eigenvalue weighted by Crippen LogP contribution is -2.31. The molecule has 0 aromatic heterocycles. The molecule has 0 aromatic rings. The molecular weight excluding hydrogens is 200 g/mol. The normalized spacial score (nSPS) is 13.7. The maximum atomic E-state index is 9.25. The van der Waals surface area contributed by atoms with Gasteiger partial charge in [0.2, 0.25) is 0 Å². The smallest absolute Gasteiger partial charge is 0.0524 e. The van der Waals surface area contributed by atoms with E-state index < -0.39 is 0 Å². The SMILES string of the molecule is CCN(CC)CCCN(CC)CCC(C)O. The molecule has 3 nitrogen and oxygen atoms in total. The summed E-state index contributed by atoms with van der Waals surface area (Å²) in [6, 6.07) is 0. The summed E-state index contributed by atoms with van der Waals surface area (Å²) in [5.74, 6) is 0. The fourth-order valence-corrected chi connectivity index (χ4v) is 1.86. The molecule has 0 radical (unpaired) electrons. The largest absolute Gasteiger partial charge is 0.393 e. The summed E-state index contributed by atoms with van der Waals surface area (Å²) < 4.78 is 0. The Bertz CT molecular complexity index is 147. The highest BCUT2D eigenvalue weighted by atomic mass is 16.3. The Morgan fingerprint density at radius 2 is 1.38 bits per heavy atom. The first-order chi connectivity index (χ1) is 7.63. The minimum atomic E-state index is -0.170. The Morgan fingerprint density at radius 1 is 0.875 bits per heavy atom. The third kappa shape index (κ3) is 8.08. The van der Waals surface area contributed by atoms with Gasteiger partial charge in [0.25, 0.3) is 0 Å². The Balaban J connectivity index is 3.61. The van der Waals surface area contributed by atoms with Crippen molar-refractivity contribution < 1.29 is 5.11 Å². The van der Waals surface area contributed by atoms with E-state index in [0.717, 1.165) is 39.1 Å². The van der Waals surface area contributed by atoms with Gasteiger partial charge in [0.15, 0.2) is 0 Å². The van der Waals surface area contributed by atoms with Crippen LogP contribution in [-0.2, 0) is 0 Å².